The molecular weight excluding hydrogens is 452 g/mol. The van der Waals surface area contributed by atoms with Gasteiger partial charge in [-0.1, -0.05) is 0 Å². The van der Waals surface area contributed by atoms with Gasteiger partial charge in [0.2, 0.25) is 22.7 Å². The standard InChI is InChI=1S/C21H22N4O7S/c1-23-8-10-24(11-9-23)33(29,30)17-5-3-16(4-6-17)22-21(26)7-2-15-12-19-20(32-14-31-19)13-18(15)25(27)28/h2-7,12-13H,8-11,14H2,1H3,(H,22,26)/b7-2+. The molecule has 2 heterocycles. The summed E-state index contributed by atoms with van der Waals surface area (Å²) >= 11 is 0. The number of hydrogen-bond donors (Lipinski definition) is 1. The van der Waals surface area contributed by atoms with E-state index in [1.807, 2.05) is 7.05 Å². The van der Waals surface area contributed by atoms with Crippen molar-refractivity contribution in [3.63, 3.8) is 0 Å². The fraction of sp³-hybridized carbons (Fsp3) is 0.286. The molecule has 1 N–H and O–H groups in total. The number of ether oxygens (including phenoxy) is 2. The number of likely N-dealkylation sites (N-methyl/N-ethyl adjacent to an activating group) is 1. The van der Waals surface area contributed by atoms with Gasteiger partial charge < -0.3 is 19.7 Å². The number of carbonyl (C=O) groups is 1. The van der Waals surface area contributed by atoms with Crippen LogP contribution < -0.4 is 14.8 Å². The summed E-state index contributed by atoms with van der Waals surface area (Å²) in [6.07, 6.45) is 2.46. The maximum Gasteiger partial charge on any atom is 0.280 e. The van der Waals surface area contributed by atoms with E-state index in [4.69, 9.17) is 9.47 Å². The zero-order chi connectivity index (χ0) is 23.6. The highest BCUT2D eigenvalue weighted by Crippen LogP contribution is 2.38. The molecule has 0 aliphatic carbocycles. The van der Waals surface area contributed by atoms with E-state index in [1.165, 1.54) is 46.8 Å². The smallest absolute Gasteiger partial charge is 0.280 e. The average Bonchev–Trinajstić information content (AvgIpc) is 3.25. The number of nitro groups is 1. The van der Waals surface area contributed by atoms with Crippen molar-refractivity contribution in [3.8, 4) is 11.5 Å². The molecular formula is C21H22N4O7S. The summed E-state index contributed by atoms with van der Waals surface area (Å²) in [5, 5.41) is 13.9. The van der Waals surface area contributed by atoms with Crippen molar-refractivity contribution in [1.29, 1.82) is 0 Å². The van der Waals surface area contributed by atoms with Gasteiger partial charge in [-0.15, -0.1) is 0 Å². The molecule has 0 saturated carbocycles. The fourth-order valence-electron chi connectivity index (χ4n) is 3.48. The van der Waals surface area contributed by atoms with E-state index in [9.17, 15) is 23.3 Å². The van der Waals surface area contributed by atoms with Crippen molar-refractivity contribution in [3.05, 3.63) is 58.2 Å². The quantitative estimate of drug-likeness (QED) is 0.382. The first-order valence-corrected chi connectivity index (χ1v) is 11.5. The molecule has 1 saturated heterocycles. The van der Waals surface area contributed by atoms with Crippen LogP contribution in [0.2, 0.25) is 0 Å². The van der Waals surface area contributed by atoms with E-state index in [-0.39, 0.29) is 28.7 Å². The van der Waals surface area contributed by atoms with Crippen LogP contribution in [0, 0.1) is 10.1 Å². The molecule has 0 unspecified atom stereocenters. The lowest BCUT2D eigenvalue weighted by atomic mass is 10.1. The van der Waals surface area contributed by atoms with Gasteiger partial charge in [-0.2, -0.15) is 4.31 Å². The summed E-state index contributed by atoms with van der Waals surface area (Å²) in [7, 11) is -1.66. The monoisotopic (exact) mass is 474 g/mol. The lowest BCUT2D eigenvalue weighted by Gasteiger charge is -2.31. The van der Waals surface area contributed by atoms with Crippen molar-refractivity contribution < 1.29 is 27.6 Å². The number of rotatable bonds is 6. The molecule has 2 aromatic carbocycles. The summed E-state index contributed by atoms with van der Waals surface area (Å²) < 4.78 is 37.4. The summed E-state index contributed by atoms with van der Waals surface area (Å²) in [4.78, 5) is 25.3. The number of nitro benzene ring substituents is 1. The average molecular weight is 474 g/mol. The van der Waals surface area contributed by atoms with E-state index in [1.54, 1.807) is 0 Å². The van der Waals surface area contributed by atoms with Crippen LogP contribution in [-0.2, 0) is 14.8 Å². The molecule has 2 aliphatic heterocycles. The molecule has 11 nitrogen and oxygen atoms in total. The minimum Gasteiger partial charge on any atom is -0.454 e. The maximum absolute atomic E-state index is 12.8. The molecule has 12 heteroatoms. The van der Waals surface area contributed by atoms with Crippen molar-refractivity contribution in [1.82, 2.24) is 9.21 Å². The predicted molar refractivity (Wildman–Crippen MR) is 120 cm³/mol. The lowest BCUT2D eigenvalue weighted by molar-refractivity contribution is -0.385. The van der Waals surface area contributed by atoms with Crippen molar-refractivity contribution in [2.75, 3.05) is 45.3 Å². The summed E-state index contributed by atoms with van der Waals surface area (Å²) in [5.41, 5.74) is 0.358. The van der Waals surface area contributed by atoms with Gasteiger partial charge in [0.1, 0.15) is 0 Å². The minimum atomic E-state index is -3.60. The first-order chi connectivity index (χ1) is 15.7. The Morgan fingerprint density at radius 1 is 1.09 bits per heavy atom. The zero-order valence-corrected chi connectivity index (χ0v) is 18.6. The zero-order valence-electron chi connectivity index (χ0n) is 17.8. The molecule has 33 heavy (non-hydrogen) atoms. The molecule has 0 radical (unpaired) electrons. The molecule has 2 aromatic rings. The van der Waals surface area contributed by atoms with Gasteiger partial charge in [0.15, 0.2) is 11.5 Å². The maximum atomic E-state index is 12.8. The lowest BCUT2D eigenvalue weighted by Crippen LogP contribution is -2.46. The van der Waals surface area contributed by atoms with Gasteiger partial charge in [-0.05, 0) is 43.5 Å². The van der Waals surface area contributed by atoms with Crippen molar-refractivity contribution in [2.24, 2.45) is 0 Å². The molecule has 1 amide bonds. The summed E-state index contributed by atoms with van der Waals surface area (Å²) in [5.74, 6) is 0.101. The second-order valence-corrected chi connectivity index (χ2v) is 9.51. The largest absolute Gasteiger partial charge is 0.454 e. The van der Waals surface area contributed by atoms with Crippen LogP contribution in [0.4, 0.5) is 11.4 Å². The number of nitrogens with zero attached hydrogens (tertiary/aromatic N) is 3. The molecule has 4 rings (SSSR count). The van der Waals surface area contributed by atoms with Crippen LogP contribution in [0.15, 0.2) is 47.4 Å². The summed E-state index contributed by atoms with van der Waals surface area (Å²) in [6, 6.07) is 8.56. The number of anilines is 1. The third-order valence-electron chi connectivity index (χ3n) is 5.35. The summed E-state index contributed by atoms with van der Waals surface area (Å²) in [6.45, 7) is 2.16. The van der Waals surface area contributed by atoms with Crippen molar-refractivity contribution in [2.45, 2.75) is 4.90 Å². The Balaban J connectivity index is 1.43. The molecule has 2 aliphatic rings. The van der Waals surface area contributed by atoms with E-state index in [0.717, 1.165) is 6.08 Å². The van der Waals surface area contributed by atoms with Gasteiger partial charge in [-0.3, -0.25) is 14.9 Å². The highest BCUT2D eigenvalue weighted by atomic mass is 32.2. The molecule has 0 atom stereocenters. The van der Waals surface area contributed by atoms with Crippen LogP contribution in [0.25, 0.3) is 6.08 Å². The van der Waals surface area contributed by atoms with Gasteiger partial charge in [-0.25, -0.2) is 8.42 Å². The first kappa shape index (κ1) is 22.7. The van der Waals surface area contributed by atoms with E-state index < -0.39 is 20.9 Å². The number of fused-ring (bicyclic) bond motifs is 1. The number of amides is 1. The third-order valence-corrected chi connectivity index (χ3v) is 7.27. The molecule has 1 fully saturated rings. The Bertz CT molecular complexity index is 1200. The Morgan fingerprint density at radius 3 is 2.36 bits per heavy atom. The van der Waals surface area contributed by atoms with Crippen LogP contribution in [0.3, 0.4) is 0 Å². The molecule has 174 valence electrons. The Labute approximate surface area is 190 Å². The van der Waals surface area contributed by atoms with E-state index in [0.29, 0.717) is 37.6 Å². The SMILES string of the molecule is CN1CCN(S(=O)(=O)c2ccc(NC(=O)/C=C/c3cc4c(cc3[N+](=O)[O-])OCO4)cc2)CC1. The highest BCUT2D eigenvalue weighted by Gasteiger charge is 2.27. The van der Waals surface area contributed by atoms with Crippen LogP contribution in [-0.4, -0.2) is 68.5 Å². The number of benzene rings is 2. The number of carbonyl (C=O) groups excluding carboxylic acids is 1. The second-order valence-electron chi connectivity index (χ2n) is 7.58. The Kier molecular flexibility index (Phi) is 6.31. The number of sulfonamides is 1. The second kappa shape index (κ2) is 9.17. The van der Waals surface area contributed by atoms with Crippen molar-refractivity contribution >= 4 is 33.4 Å². The number of piperazine rings is 1. The highest BCUT2D eigenvalue weighted by molar-refractivity contribution is 7.89. The third kappa shape index (κ3) is 4.97. The molecule has 0 spiro atoms. The van der Waals surface area contributed by atoms with Crippen LogP contribution in [0.5, 0.6) is 11.5 Å². The fourth-order valence-corrected chi connectivity index (χ4v) is 4.90. The normalized spacial score (nSPS) is 16.8. The predicted octanol–water partition coefficient (Wildman–Crippen LogP) is 1.91. The molecule has 0 bridgehead atoms. The number of hydrogen-bond acceptors (Lipinski definition) is 8. The minimum absolute atomic E-state index is 0.0271. The van der Waals surface area contributed by atoms with Gasteiger partial charge >= 0.3 is 0 Å². The molecule has 0 aromatic heterocycles. The first-order valence-electron chi connectivity index (χ1n) is 10.1. The topological polar surface area (TPSA) is 131 Å². The van der Waals surface area contributed by atoms with Gasteiger partial charge in [0.25, 0.3) is 5.69 Å². The van der Waals surface area contributed by atoms with Gasteiger partial charge in [0.05, 0.1) is 21.4 Å². The number of nitrogens with one attached hydrogen (secondary N) is 1. The Morgan fingerprint density at radius 2 is 1.73 bits per heavy atom. The van der Waals surface area contributed by atoms with Crippen LogP contribution in [0.1, 0.15) is 5.56 Å². The van der Waals surface area contributed by atoms with E-state index in [2.05, 4.69) is 10.2 Å². The van der Waals surface area contributed by atoms with Gasteiger partial charge in [0, 0.05) is 37.9 Å². The Hall–Kier alpha value is -3.48. The van der Waals surface area contributed by atoms with Crippen LogP contribution >= 0.6 is 0 Å². The van der Waals surface area contributed by atoms with E-state index >= 15 is 0 Å².